The zero-order valence-corrected chi connectivity index (χ0v) is 17.0. The third-order valence-electron chi connectivity index (χ3n) is 2.95. The molecule has 0 saturated heterocycles. The van der Waals surface area contributed by atoms with Crippen LogP contribution < -0.4 is 10.1 Å². The zero-order valence-electron chi connectivity index (χ0n) is 13.8. The van der Waals surface area contributed by atoms with Crippen molar-refractivity contribution in [2.45, 2.75) is 20.0 Å². The van der Waals surface area contributed by atoms with Crippen LogP contribution in [0.4, 0.5) is 5.69 Å². The fourth-order valence-electron chi connectivity index (χ4n) is 1.92. The van der Waals surface area contributed by atoms with Gasteiger partial charge in [-0.3, -0.25) is 4.79 Å². The van der Waals surface area contributed by atoms with Gasteiger partial charge in [0.2, 0.25) is 0 Å². The molecule has 7 heteroatoms. The molecule has 0 saturated carbocycles. The Morgan fingerprint density at radius 1 is 1.24 bits per heavy atom. The number of nitrogens with zero attached hydrogens (tertiary/aromatic N) is 1. The highest BCUT2D eigenvalue weighted by Gasteiger charge is 2.07. The maximum Gasteiger partial charge on any atom is 0.265 e. The molecule has 2 aromatic carbocycles. The summed E-state index contributed by atoms with van der Waals surface area (Å²) in [4.78, 5) is 17.0. The molecule has 0 aromatic heterocycles. The van der Waals surface area contributed by atoms with Gasteiger partial charge in [0, 0.05) is 14.5 Å². The van der Waals surface area contributed by atoms with E-state index in [4.69, 9.17) is 9.57 Å². The van der Waals surface area contributed by atoms with Crippen LogP contribution in [0.5, 0.6) is 5.75 Å². The van der Waals surface area contributed by atoms with E-state index in [1.807, 2.05) is 50.2 Å². The first kappa shape index (κ1) is 19.5. The van der Waals surface area contributed by atoms with Gasteiger partial charge in [-0.15, -0.1) is 0 Å². The first-order valence-electron chi connectivity index (χ1n) is 7.61. The summed E-state index contributed by atoms with van der Waals surface area (Å²) < 4.78 is 7.38. The van der Waals surface area contributed by atoms with Crippen molar-refractivity contribution in [2.24, 2.45) is 5.16 Å². The Balaban J connectivity index is 1.88. The van der Waals surface area contributed by atoms with Crippen molar-refractivity contribution in [3.05, 3.63) is 57.0 Å². The van der Waals surface area contributed by atoms with E-state index >= 15 is 0 Å². The third-order valence-corrected chi connectivity index (χ3v) is 4.10. The van der Waals surface area contributed by atoms with Gasteiger partial charge in [-0.1, -0.05) is 33.2 Å². The molecule has 0 aliphatic carbocycles. The number of anilines is 1. The first-order chi connectivity index (χ1) is 12.0. The minimum absolute atomic E-state index is 0.0607. The Hall–Kier alpha value is -1.86. The number of rotatable bonds is 7. The monoisotopic (exact) mass is 468 g/mol. The molecular formula is C18H18Br2N2O3. The Morgan fingerprint density at radius 3 is 2.72 bits per heavy atom. The van der Waals surface area contributed by atoms with E-state index in [1.165, 1.54) is 6.21 Å². The second-order valence-electron chi connectivity index (χ2n) is 5.38. The number of ether oxygens (including phenoxy) is 1. The molecule has 25 heavy (non-hydrogen) atoms. The molecule has 132 valence electrons. The number of hydrogen-bond acceptors (Lipinski definition) is 4. The fraction of sp³-hybridized carbons (Fsp3) is 0.222. The second-order valence-corrected chi connectivity index (χ2v) is 7.15. The van der Waals surface area contributed by atoms with Crippen molar-refractivity contribution in [3.63, 3.8) is 0 Å². The highest BCUT2D eigenvalue weighted by molar-refractivity contribution is 9.11. The van der Waals surface area contributed by atoms with Crippen LogP contribution in [0.25, 0.3) is 0 Å². The summed E-state index contributed by atoms with van der Waals surface area (Å²) in [6.07, 6.45) is 1.59. The summed E-state index contributed by atoms with van der Waals surface area (Å²) >= 11 is 6.75. The zero-order chi connectivity index (χ0) is 18.2. The van der Waals surface area contributed by atoms with Crippen LogP contribution in [-0.4, -0.2) is 24.8 Å². The molecule has 2 rings (SSSR count). The number of carbonyl (C=O) groups is 1. The lowest BCUT2D eigenvalue weighted by Gasteiger charge is -2.11. The highest BCUT2D eigenvalue weighted by atomic mass is 79.9. The van der Waals surface area contributed by atoms with Gasteiger partial charge in [-0.05, 0) is 60.1 Å². The molecule has 0 fully saturated rings. The molecule has 0 spiro atoms. The normalized spacial score (nSPS) is 10.9. The largest absolute Gasteiger partial charge is 0.490 e. The Kier molecular flexibility index (Phi) is 7.46. The molecule has 0 aliphatic heterocycles. The molecule has 0 unspecified atom stereocenters. The molecule has 1 N–H and O–H groups in total. The van der Waals surface area contributed by atoms with E-state index in [0.717, 1.165) is 14.5 Å². The summed E-state index contributed by atoms with van der Waals surface area (Å²) in [5.74, 6) is 0.417. The predicted octanol–water partition coefficient (Wildman–Crippen LogP) is 4.99. The molecular weight excluding hydrogens is 452 g/mol. The number of benzene rings is 2. The standard InChI is InChI=1S/C18H18Br2N2O3/c1-12(2)25-17-6-4-3-5-13(17)10-21-24-11-18(23)22-16-8-7-14(19)9-15(16)20/h3-10,12H,11H2,1-2H3,(H,22,23)/b21-10-. The average molecular weight is 470 g/mol. The minimum Gasteiger partial charge on any atom is -0.490 e. The van der Waals surface area contributed by atoms with Crippen LogP contribution in [-0.2, 0) is 9.63 Å². The van der Waals surface area contributed by atoms with Crippen LogP contribution in [0.1, 0.15) is 19.4 Å². The van der Waals surface area contributed by atoms with Crippen molar-refractivity contribution >= 4 is 49.7 Å². The van der Waals surface area contributed by atoms with Crippen molar-refractivity contribution in [1.29, 1.82) is 0 Å². The summed E-state index contributed by atoms with van der Waals surface area (Å²) in [5, 5.41) is 6.59. The second kappa shape index (κ2) is 9.58. The fourth-order valence-corrected chi connectivity index (χ4v) is 3.06. The van der Waals surface area contributed by atoms with Gasteiger partial charge in [0.25, 0.3) is 5.91 Å². The van der Waals surface area contributed by atoms with Gasteiger partial charge in [0.15, 0.2) is 6.61 Å². The third kappa shape index (κ3) is 6.51. The quantitative estimate of drug-likeness (QED) is 0.459. The number of amides is 1. The van der Waals surface area contributed by atoms with Crippen molar-refractivity contribution in [3.8, 4) is 5.75 Å². The van der Waals surface area contributed by atoms with Crippen molar-refractivity contribution in [2.75, 3.05) is 11.9 Å². The lowest BCUT2D eigenvalue weighted by atomic mass is 10.2. The Labute approximate surface area is 163 Å². The van der Waals surface area contributed by atoms with E-state index in [1.54, 1.807) is 6.07 Å². The summed E-state index contributed by atoms with van der Waals surface area (Å²) in [7, 11) is 0. The molecule has 5 nitrogen and oxygen atoms in total. The van der Waals surface area contributed by atoms with Crippen molar-refractivity contribution < 1.29 is 14.4 Å². The van der Waals surface area contributed by atoms with Crippen molar-refractivity contribution in [1.82, 2.24) is 0 Å². The number of para-hydroxylation sites is 1. The molecule has 0 bridgehead atoms. The maximum absolute atomic E-state index is 11.9. The lowest BCUT2D eigenvalue weighted by Crippen LogP contribution is -2.17. The molecule has 0 radical (unpaired) electrons. The molecule has 2 aromatic rings. The van der Waals surface area contributed by atoms with Gasteiger partial charge in [0.05, 0.1) is 18.0 Å². The van der Waals surface area contributed by atoms with E-state index in [9.17, 15) is 4.79 Å². The van der Waals surface area contributed by atoms with Gasteiger partial charge in [-0.25, -0.2) is 0 Å². The number of nitrogens with one attached hydrogen (secondary N) is 1. The van der Waals surface area contributed by atoms with Crippen LogP contribution >= 0.6 is 31.9 Å². The van der Waals surface area contributed by atoms with Crippen LogP contribution in [0.3, 0.4) is 0 Å². The summed E-state index contributed by atoms with van der Waals surface area (Å²) in [5.41, 5.74) is 1.45. The SMILES string of the molecule is CC(C)Oc1ccccc1/C=N\OCC(=O)Nc1ccc(Br)cc1Br. The van der Waals surface area contributed by atoms with Crippen LogP contribution in [0, 0.1) is 0 Å². The summed E-state index contributed by atoms with van der Waals surface area (Å²) in [6.45, 7) is 3.72. The minimum atomic E-state index is -0.299. The number of hydrogen-bond donors (Lipinski definition) is 1. The smallest absolute Gasteiger partial charge is 0.265 e. The topological polar surface area (TPSA) is 59.9 Å². The van der Waals surface area contributed by atoms with E-state index < -0.39 is 0 Å². The van der Waals surface area contributed by atoms with Gasteiger partial charge < -0.3 is 14.9 Å². The number of oxime groups is 1. The number of halogens is 2. The Morgan fingerprint density at radius 2 is 2.00 bits per heavy atom. The average Bonchev–Trinajstić information content (AvgIpc) is 2.55. The molecule has 0 heterocycles. The molecule has 0 aliphatic rings. The lowest BCUT2D eigenvalue weighted by molar-refractivity contribution is -0.120. The number of carbonyl (C=O) groups excluding carboxylic acids is 1. The van der Waals surface area contributed by atoms with Crippen LogP contribution in [0.2, 0.25) is 0 Å². The molecule has 0 atom stereocenters. The summed E-state index contributed by atoms with van der Waals surface area (Å²) in [6, 6.07) is 13.0. The van der Waals surface area contributed by atoms with E-state index in [2.05, 4.69) is 42.3 Å². The highest BCUT2D eigenvalue weighted by Crippen LogP contribution is 2.26. The van der Waals surface area contributed by atoms with Gasteiger partial charge in [0.1, 0.15) is 5.75 Å². The van der Waals surface area contributed by atoms with Crippen LogP contribution in [0.15, 0.2) is 56.6 Å². The predicted molar refractivity (Wildman–Crippen MR) is 106 cm³/mol. The molecule has 1 amide bonds. The first-order valence-corrected chi connectivity index (χ1v) is 9.20. The Bertz CT molecular complexity index is 764. The van der Waals surface area contributed by atoms with Gasteiger partial charge in [-0.2, -0.15) is 0 Å². The van der Waals surface area contributed by atoms with Gasteiger partial charge >= 0.3 is 0 Å². The van der Waals surface area contributed by atoms with E-state index in [-0.39, 0.29) is 18.6 Å². The maximum atomic E-state index is 11.9. The van der Waals surface area contributed by atoms with E-state index in [0.29, 0.717) is 11.4 Å².